The largest absolute Gasteiger partial charge is 0.465 e. The van der Waals surface area contributed by atoms with Crippen LogP contribution >= 0.6 is 0 Å². The average Bonchev–Trinajstić information content (AvgIpc) is 2.68. The van der Waals surface area contributed by atoms with E-state index in [-0.39, 0.29) is 11.7 Å². The van der Waals surface area contributed by atoms with Crippen molar-refractivity contribution in [2.24, 2.45) is 0 Å². The van der Waals surface area contributed by atoms with E-state index in [1.54, 1.807) is 42.9 Å². The van der Waals surface area contributed by atoms with E-state index in [4.69, 9.17) is 4.74 Å². The van der Waals surface area contributed by atoms with Crippen LogP contribution in [-0.2, 0) is 17.6 Å². The van der Waals surface area contributed by atoms with Crippen molar-refractivity contribution in [3.05, 3.63) is 89.0 Å². The maximum Gasteiger partial charge on any atom is 0.337 e. The number of nitrogens with zero attached hydrogens (tertiary/aromatic N) is 3. The van der Waals surface area contributed by atoms with Gasteiger partial charge in [-0.2, -0.15) is 0 Å². The summed E-state index contributed by atoms with van der Waals surface area (Å²) >= 11 is 0. The molecule has 0 aliphatic heterocycles. The average molecular weight is 365 g/mol. The summed E-state index contributed by atoms with van der Waals surface area (Å²) in [5.41, 5.74) is 3.72. The fourth-order valence-electron chi connectivity index (χ4n) is 2.91. The summed E-state index contributed by atoms with van der Waals surface area (Å²) in [5.74, 6) is -0.549. The van der Waals surface area contributed by atoms with Crippen LogP contribution in [0.2, 0.25) is 0 Å². The summed E-state index contributed by atoms with van der Waals surface area (Å²) in [6.07, 6.45) is 5.99. The first kappa shape index (κ1) is 18.6. The van der Waals surface area contributed by atoms with Gasteiger partial charge in [0.2, 0.25) is 0 Å². The monoisotopic (exact) mass is 365 g/mol. The van der Waals surface area contributed by atoms with Crippen LogP contribution in [0.3, 0.4) is 0 Å². The molecule has 6 heteroatoms. The number of methoxy groups -OCH3 is 1. The Morgan fingerprint density at radius 1 is 1.11 bits per heavy atom. The minimum atomic E-state index is -0.409. The van der Waals surface area contributed by atoms with Crippen molar-refractivity contribution < 1.29 is 13.9 Å². The molecular formula is C21H20FN3O2. The summed E-state index contributed by atoms with van der Waals surface area (Å²) in [6, 6.07) is 9.89. The lowest BCUT2D eigenvalue weighted by molar-refractivity contribution is 0.0600. The summed E-state index contributed by atoms with van der Waals surface area (Å²) in [5, 5.41) is 0. The molecule has 1 aromatic carbocycles. The third-order valence-corrected chi connectivity index (χ3v) is 4.29. The van der Waals surface area contributed by atoms with Gasteiger partial charge < -0.3 is 4.74 Å². The zero-order chi connectivity index (χ0) is 19.2. The zero-order valence-corrected chi connectivity index (χ0v) is 15.2. The molecule has 138 valence electrons. The second kappa shape index (κ2) is 8.49. The molecule has 0 fully saturated rings. The van der Waals surface area contributed by atoms with Gasteiger partial charge in [-0.3, -0.25) is 15.0 Å². The van der Waals surface area contributed by atoms with Gasteiger partial charge in [0, 0.05) is 36.4 Å². The van der Waals surface area contributed by atoms with E-state index in [1.165, 1.54) is 19.2 Å². The summed E-state index contributed by atoms with van der Waals surface area (Å²) in [7, 11) is 1.35. The number of benzene rings is 1. The molecule has 0 N–H and O–H groups in total. The Morgan fingerprint density at radius 3 is 2.52 bits per heavy atom. The van der Waals surface area contributed by atoms with Gasteiger partial charge in [-0.1, -0.05) is 19.1 Å². The Balaban J connectivity index is 1.87. The molecule has 0 unspecified atom stereocenters. The van der Waals surface area contributed by atoms with Gasteiger partial charge in [-0.15, -0.1) is 0 Å². The van der Waals surface area contributed by atoms with E-state index >= 15 is 0 Å². The Bertz CT molecular complexity index is 914. The number of aromatic nitrogens is 3. The minimum Gasteiger partial charge on any atom is -0.465 e. The third-order valence-electron chi connectivity index (χ3n) is 4.29. The second-order valence-corrected chi connectivity index (χ2v) is 6.36. The number of pyridine rings is 1. The van der Waals surface area contributed by atoms with E-state index in [9.17, 15) is 9.18 Å². The number of halogens is 1. The maximum absolute atomic E-state index is 13.1. The standard InChI is InChI=1S/C21H20FN3O2/c1-14(15-3-5-17(22)6-4-15)9-18-10-16(21(26)27-2)11-19(25-18)12-20-13-23-7-8-24-20/h3-8,10-11,13-14H,9,12H2,1-2H3/t14-/m1/s1. The molecular weight excluding hydrogens is 345 g/mol. The van der Waals surface area contributed by atoms with E-state index in [0.717, 1.165) is 22.6 Å². The lowest BCUT2D eigenvalue weighted by Crippen LogP contribution is -2.09. The molecule has 0 saturated carbocycles. The third kappa shape index (κ3) is 4.94. The van der Waals surface area contributed by atoms with Crippen LogP contribution in [0.5, 0.6) is 0 Å². The first-order valence-electron chi connectivity index (χ1n) is 8.63. The van der Waals surface area contributed by atoms with Crippen molar-refractivity contribution in [1.82, 2.24) is 15.0 Å². The zero-order valence-electron chi connectivity index (χ0n) is 15.2. The van der Waals surface area contributed by atoms with Gasteiger partial charge in [-0.25, -0.2) is 9.18 Å². The summed E-state index contributed by atoms with van der Waals surface area (Å²) < 4.78 is 18.0. The number of ether oxygens (including phenoxy) is 1. The molecule has 0 bridgehead atoms. The highest BCUT2D eigenvalue weighted by Gasteiger charge is 2.14. The fourth-order valence-corrected chi connectivity index (χ4v) is 2.91. The van der Waals surface area contributed by atoms with Crippen molar-refractivity contribution in [3.63, 3.8) is 0 Å². The van der Waals surface area contributed by atoms with E-state index in [0.29, 0.717) is 18.4 Å². The van der Waals surface area contributed by atoms with Crippen LogP contribution in [0.25, 0.3) is 0 Å². The molecule has 0 radical (unpaired) electrons. The van der Waals surface area contributed by atoms with Gasteiger partial charge in [-0.05, 0) is 42.2 Å². The molecule has 5 nitrogen and oxygen atoms in total. The predicted molar refractivity (Wildman–Crippen MR) is 98.9 cm³/mol. The summed E-state index contributed by atoms with van der Waals surface area (Å²) in [6.45, 7) is 2.04. The van der Waals surface area contributed by atoms with Crippen LogP contribution < -0.4 is 0 Å². The molecule has 0 aliphatic carbocycles. The molecule has 0 saturated heterocycles. The van der Waals surface area contributed by atoms with E-state index < -0.39 is 5.97 Å². The molecule has 1 atom stereocenters. The van der Waals surface area contributed by atoms with Crippen LogP contribution in [0.15, 0.2) is 55.0 Å². The number of carbonyl (C=O) groups excluding carboxylic acids is 1. The van der Waals surface area contributed by atoms with Gasteiger partial charge in [0.15, 0.2) is 0 Å². The van der Waals surface area contributed by atoms with Gasteiger partial charge in [0.05, 0.1) is 18.4 Å². The lowest BCUT2D eigenvalue weighted by atomic mass is 9.95. The summed E-state index contributed by atoms with van der Waals surface area (Å²) in [4.78, 5) is 25.0. The van der Waals surface area contributed by atoms with E-state index in [2.05, 4.69) is 15.0 Å². The maximum atomic E-state index is 13.1. The van der Waals surface area contributed by atoms with Gasteiger partial charge in [0.1, 0.15) is 5.82 Å². The molecule has 0 spiro atoms. The van der Waals surface area contributed by atoms with Crippen molar-refractivity contribution in [1.29, 1.82) is 0 Å². The fraction of sp³-hybridized carbons (Fsp3) is 0.238. The van der Waals surface area contributed by atoms with E-state index in [1.807, 2.05) is 6.92 Å². The number of hydrogen-bond acceptors (Lipinski definition) is 5. The smallest absolute Gasteiger partial charge is 0.337 e. The normalized spacial score (nSPS) is 11.8. The molecule has 27 heavy (non-hydrogen) atoms. The highest BCUT2D eigenvalue weighted by molar-refractivity contribution is 5.89. The quantitative estimate of drug-likeness (QED) is 0.623. The van der Waals surface area contributed by atoms with Crippen LogP contribution in [0.1, 0.15) is 45.8 Å². The van der Waals surface area contributed by atoms with Crippen LogP contribution in [-0.4, -0.2) is 28.0 Å². The Morgan fingerprint density at radius 2 is 1.85 bits per heavy atom. The molecule has 0 amide bonds. The Labute approximate surface area is 157 Å². The van der Waals surface area contributed by atoms with Gasteiger partial charge in [0.25, 0.3) is 0 Å². The highest BCUT2D eigenvalue weighted by Crippen LogP contribution is 2.21. The molecule has 2 aromatic heterocycles. The minimum absolute atomic E-state index is 0.121. The first-order valence-corrected chi connectivity index (χ1v) is 8.63. The molecule has 2 heterocycles. The van der Waals surface area contributed by atoms with Crippen LogP contribution in [0.4, 0.5) is 4.39 Å². The highest BCUT2D eigenvalue weighted by atomic mass is 19.1. The SMILES string of the molecule is COC(=O)c1cc(Cc2cnccn2)nc(C[C@@H](C)c2ccc(F)cc2)c1. The molecule has 3 aromatic rings. The van der Waals surface area contributed by atoms with Crippen molar-refractivity contribution in [2.45, 2.75) is 25.7 Å². The number of hydrogen-bond donors (Lipinski definition) is 0. The molecule has 3 rings (SSSR count). The second-order valence-electron chi connectivity index (χ2n) is 6.36. The lowest BCUT2D eigenvalue weighted by Gasteiger charge is -2.13. The number of rotatable bonds is 6. The van der Waals surface area contributed by atoms with Crippen molar-refractivity contribution >= 4 is 5.97 Å². The van der Waals surface area contributed by atoms with Gasteiger partial charge >= 0.3 is 5.97 Å². The predicted octanol–water partition coefficient (Wildman–Crippen LogP) is 3.73. The van der Waals surface area contributed by atoms with Crippen molar-refractivity contribution in [2.75, 3.05) is 7.11 Å². The number of carbonyl (C=O) groups is 1. The Kier molecular flexibility index (Phi) is 5.86. The molecule has 0 aliphatic rings. The Hall–Kier alpha value is -3.15. The van der Waals surface area contributed by atoms with Crippen molar-refractivity contribution in [3.8, 4) is 0 Å². The number of esters is 1. The van der Waals surface area contributed by atoms with Crippen LogP contribution in [0, 0.1) is 5.82 Å². The topological polar surface area (TPSA) is 65.0 Å². The first-order chi connectivity index (χ1) is 13.0.